The second kappa shape index (κ2) is 7.80. The molecule has 0 aliphatic carbocycles. The predicted octanol–water partition coefficient (Wildman–Crippen LogP) is 2.13. The summed E-state index contributed by atoms with van der Waals surface area (Å²) in [6.45, 7) is 4.47. The van der Waals surface area contributed by atoms with Crippen LogP contribution in [0.3, 0.4) is 0 Å². The van der Waals surface area contributed by atoms with Crippen LogP contribution in [-0.4, -0.2) is 59.0 Å². The standard InChI is InChI=1S/C22H26N6O/c1-16-11-18(14-24-13-16)21(29)26-19-6-10-27(2)22(19)7-4-9-28(15-22)20-17(12-23)5-3-8-25-20/h3,5,8,11,13-14,19H,4,6-7,9-10,15H2,1-2H3,(H,26,29). The van der Waals surface area contributed by atoms with E-state index in [0.29, 0.717) is 11.1 Å². The molecule has 29 heavy (non-hydrogen) atoms. The first-order valence-corrected chi connectivity index (χ1v) is 10.1. The summed E-state index contributed by atoms with van der Waals surface area (Å²) in [6, 6.07) is 7.77. The average molecular weight is 390 g/mol. The van der Waals surface area contributed by atoms with E-state index in [-0.39, 0.29) is 17.5 Å². The van der Waals surface area contributed by atoms with Gasteiger partial charge in [-0.15, -0.1) is 0 Å². The zero-order valence-corrected chi connectivity index (χ0v) is 16.9. The van der Waals surface area contributed by atoms with Crippen LogP contribution in [0, 0.1) is 18.3 Å². The largest absolute Gasteiger partial charge is 0.354 e. The van der Waals surface area contributed by atoms with Gasteiger partial charge >= 0.3 is 0 Å². The maximum Gasteiger partial charge on any atom is 0.253 e. The number of amides is 1. The molecule has 7 heteroatoms. The molecule has 0 radical (unpaired) electrons. The first-order chi connectivity index (χ1) is 14.0. The van der Waals surface area contributed by atoms with Crippen LogP contribution >= 0.6 is 0 Å². The Morgan fingerprint density at radius 2 is 2.24 bits per heavy atom. The van der Waals surface area contributed by atoms with Gasteiger partial charge in [-0.2, -0.15) is 5.26 Å². The first kappa shape index (κ1) is 19.3. The zero-order chi connectivity index (χ0) is 20.4. The van der Waals surface area contributed by atoms with Gasteiger partial charge in [0.05, 0.1) is 22.7 Å². The number of likely N-dealkylation sites (tertiary alicyclic amines) is 1. The van der Waals surface area contributed by atoms with Gasteiger partial charge in [0.15, 0.2) is 0 Å². The number of rotatable bonds is 3. The van der Waals surface area contributed by atoms with Gasteiger partial charge in [-0.25, -0.2) is 4.98 Å². The van der Waals surface area contributed by atoms with Gasteiger partial charge in [0.1, 0.15) is 11.9 Å². The van der Waals surface area contributed by atoms with Crippen molar-refractivity contribution < 1.29 is 4.79 Å². The van der Waals surface area contributed by atoms with E-state index in [9.17, 15) is 10.1 Å². The molecule has 4 rings (SSSR count). The quantitative estimate of drug-likeness (QED) is 0.864. The number of nitrogens with one attached hydrogen (secondary N) is 1. The summed E-state index contributed by atoms with van der Waals surface area (Å²) in [5.74, 6) is 0.663. The van der Waals surface area contributed by atoms with Crippen molar-refractivity contribution in [1.29, 1.82) is 5.26 Å². The van der Waals surface area contributed by atoms with Crippen LogP contribution in [0.25, 0.3) is 0 Å². The monoisotopic (exact) mass is 390 g/mol. The minimum atomic E-state index is -0.171. The van der Waals surface area contributed by atoms with E-state index in [2.05, 4.69) is 38.2 Å². The lowest BCUT2D eigenvalue weighted by Gasteiger charge is -2.48. The lowest BCUT2D eigenvalue weighted by Crippen LogP contribution is -2.63. The normalized spacial score (nSPS) is 24.4. The minimum absolute atomic E-state index is 0.0394. The van der Waals surface area contributed by atoms with Crippen LogP contribution in [0.15, 0.2) is 36.8 Å². The first-order valence-electron chi connectivity index (χ1n) is 10.1. The van der Waals surface area contributed by atoms with Crippen LogP contribution in [0.5, 0.6) is 0 Å². The summed E-state index contributed by atoms with van der Waals surface area (Å²) in [6.07, 6.45) is 8.01. The second-order valence-electron chi connectivity index (χ2n) is 8.10. The molecule has 1 N–H and O–H groups in total. The van der Waals surface area contributed by atoms with Crippen molar-refractivity contribution in [2.24, 2.45) is 0 Å². The molecule has 2 fully saturated rings. The van der Waals surface area contributed by atoms with Gasteiger partial charge in [-0.05, 0) is 57.0 Å². The maximum absolute atomic E-state index is 12.9. The number of hydrogen-bond acceptors (Lipinski definition) is 6. The number of carbonyl (C=O) groups is 1. The van der Waals surface area contributed by atoms with Crippen LogP contribution in [0.2, 0.25) is 0 Å². The lowest BCUT2D eigenvalue weighted by atomic mass is 9.82. The summed E-state index contributed by atoms with van der Waals surface area (Å²) < 4.78 is 0. The average Bonchev–Trinajstić information content (AvgIpc) is 3.03. The maximum atomic E-state index is 12.9. The fraction of sp³-hybridized carbons (Fsp3) is 0.455. The molecule has 2 saturated heterocycles. The number of aryl methyl sites for hydroxylation is 1. The fourth-order valence-electron chi connectivity index (χ4n) is 4.78. The topological polar surface area (TPSA) is 85.2 Å². The molecule has 0 saturated carbocycles. The molecule has 1 spiro atoms. The highest BCUT2D eigenvalue weighted by Crippen LogP contribution is 2.38. The van der Waals surface area contributed by atoms with Gasteiger partial charge in [0.25, 0.3) is 5.91 Å². The van der Waals surface area contributed by atoms with Crippen LogP contribution in [-0.2, 0) is 0 Å². The van der Waals surface area contributed by atoms with E-state index in [1.54, 1.807) is 24.7 Å². The van der Waals surface area contributed by atoms with Crippen molar-refractivity contribution >= 4 is 11.7 Å². The number of hydrogen-bond donors (Lipinski definition) is 1. The number of nitrogens with zero attached hydrogens (tertiary/aromatic N) is 5. The van der Waals surface area contributed by atoms with Crippen LogP contribution < -0.4 is 10.2 Å². The SMILES string of the molecule is Cc1cncc(C(=O)NC2CCN(C)C23CCCN(c2ncccc2C#N)C3)c1. The summed E-state index contributed by atoms with van der Waals surface area (Å²) in [7, 11) is 2.13. The van der Waals surface area contributed by atoms with Crippen molar-refractivity contribution in [2.45, 2.75) is 37.8 Å². The summed E-state index contributed by atoms with van der Waals surface area (Å²) >= 11 is 0. The molecule has 2 atom stereocenters. The summed E-state index contributed by atoms with van der Waals surface area (Å²) in [4.78, 5) is 26.1. The van der Waals surface area contributed by atoms with E-state index in [1.165, 1.54) is 0 Å². The van der Waals surface area contributed by atoms with Crippen LogP contribution in [0.4, 0.5) is 5.82 Å². The molecule has 1 amide bonds. The molecule has 0 aromatic carbocycles. The molecule has 2 unspecified atom stereocenters. The molecule has 7 nitrogen and oxygen atoms in total. The van der Waals surface area contributed by atoms with Gasteiger partial charge in [-0.1, -0.05) is 0 Å². The van der Waals surface area contributed by atoms with Crippen molar-refractivity contribution in [2.75, 3.05) is 31.6 Å². The molecular formula is C22H26N6O. The minimum Gasteiger partial charge on any atom is -0.354 e. The molecule has 2 aromatic heterocycles. The summed E-state index contributed by atoms with van der Waals surface area (Å²) in [5.41, 5.74) is 1.99. The Morgan fingerprint density at radius 1 is 1.38 bits per heavy atom. The highest BCUT2D eigenvalue weighted by molar-refractivity contribution is 5.94. The predicted molar refractivity (Wildman–Crippen MR) is 111 cm³/mol. The summed E-state index contributed by atoms with van der Waals surface area (Å²) in [5, 5.41) is 12.8. The van der Waals surface area contributed by atoms with Gasteiger partial charge in [0, 0.05) is 38.2 Å². The Hall–Kier alpha value is -2.98. The van der Waals surface area contributed by atoms with E-state index in [4.69, 9.17) is 0 Å². The van der Waals surface area contributed by atoms with Gasteiger partial charge < -0.3 is 10.2 Å². The van der Waals surface area contributed by atoms with Crippen molar-refractivity contribution in [3.05, 3.63) is 53.5 Å². The Morgan fingerprint density at radius 3 is 3.03 bits per heavy atom. The fourth-order valence-corrected chi connectivity index (χ4v) is 4.78. The van der Waals surface area contributed by atoms with Gasteiger partial charge in [0.2, 0.25) is 0 Å². The Balaban J connectivity index is 1.58. The number of anilines is 1. The van der Waals surface area contributed by atoms with Crippen molar-refractivity contribution in [1.82, 2.24) is 20.2 Å². The number of aromatic nitrogens is 2. The third kappa shape index (κ3) is 3.56. The van der Waals surface area contributed by atoms with Gasteiger partial charge in [-0.3, -0.25) is 14.7 Å². The number of carbonyl (C=O) groups excluding carboxylic acids is 1. The molecule has 2 aliphatic rings. The number of pyridine rings is 2. The third-order valence-corrected chi connectivity index (χ3v) is 6.31. The smallest absolute Gasteiger partial charge is 0.253 e. The van der Waals surface area contributed by atoms with Crippen LogP contribution in [0.1, 0.15) is 40.7 Å². The second-order valence-corrected chi connectivity index (χ2v) is 8.10. The van der Waals surface area contributed by atoms with Crippen molar-refractivity contribution in [3.8, 4) is 6.07 Å². The third-order valence-electron chi connectivity index (χ3n) is 6.31. The number of nitriles is 1. The highest BCUT2D eigenvalue weighted by atomic mass is 16.1. The Kier molecular flexibility index (Phi) is 5.20. The Bertz CT molecular complexity index is 954. The van der Waals surface area contributed by atoms with E-state index >= 15 is 0 Å². The lowest BCUT2D eigenvalue weighted by molar-refractivity contribution is 0.0839. The number of piperidine rings is 1. The molecule has 4 heterocycles. The highest BCUT2D eigenvalue weighted by Gasteiger charge is 2.50. The van der Waals surface area contributed by atoms with E-state index in [1.807, 2.05) is 19.1 Å². The molecule has 0 bridgehead atoms. The molecule has 2 aliphatic heterocycles. The van der Waals surface area contributed by atoms with E-state index < -0.39 is 0 Å². The molecule has 150 valence electrons. The zero-order valence-electron chi connectivity index (χ0n) is 16.9. The Labute approximate surface area is 171 Å². The van der Waals surface area contributed by atoms with Crippen molar-refractivity contribution in [3.63, 3.8) is 0 Å². The molecular weight excluding hydrogens is 364 g/mol. The van der Waals surface area contributed by atoms with E-state index in [0.717, 1.165) is 50.3 Å². The number of likely N-dealkylation sites (N-methyl/N-ethyl adjacent to an activating group) is 1. The molecule has 2 aromatic rings.